The molecule has 43 heavy (non-hydrogen) atoms. The topological polar surface area (TPSA) is 113 Å². The van der Waals surface area contributed by atoms with Crippen LogP contribution in [-0.2, 0) is 20.2 Å². The minimum atomic E-state index is -3.97. The molecule has 1 aromatic rings. The number of sulfonamides is 1. The van der Waals surface area contributed by atoms with Gasteiger partial charge >= 0.3 is 6.09 Å². The van der Waals surface area contributed by atoms with Crippen molar-refractivity contribution in [2.24, 2.45) is 52.3 Å². The minimum Gasteiger partial charge on any atom is -0.449 e. The van der Waals surface area contributed by atoms with Crippen LogP contribution in [0.3, 0.4) is 0 Å². The number of thiophene rings is 1. The molecule has 0 radical (unpaired) electrons. The molecule has 244 valence electrons. The number of amides is 1. The van der Waals surface area contributed by atoms with Gasteiger partial charge in [-0.2, -0.15) is 0 Å². The molecule has 7 nitrogen and oxygen atoms in total. The van der Waals surface area contributed by atoms with Gasteiger partial charge in [0.05, 0.1) is 18.8 Å². The molecular formula is C34H55NO6S2. The summed E-state index contributed by atoms with van der Waals surface area (Å²) in [5, 5.41) is 22.5. The van der Waals surface area contributed by atoms with Crippen molar-refractivity contribution < 1.29 is 28.2 Å². The summed E-state index contributed by atoms with van der Waals surface area (Å²) >= 11 is 1.17. The number of aliphatic hydroxyl groups is 2. The molecule has 3 unspecified atom stereocenters. The van der Waals surface area contributed by atoms with E-state index in [1.165, 1.54) is 11.3 Å². The van der Waals surface area contributed by atoms with Crippen LogP contribution in [0.1, 0.15) is 111 Å². The summed E-state index contributed by atoms with van der Waals surface area (Å²) in [7, 11) is -3.97. The molecule has 0 spiro atoms. The third-order valence-corrected chi connectivity index (χ3v) is 16.1. The van der Waals surface area contributed by atoms with Gasteiger partial charge in [-0.1, -0.05) is 54.9 Å². The van der Waals surface area contributed by atoms with Gasteiger partial charge in [0.15, 0.2) is 0 Å². The molecule has 5 rings (SSSR count). The maximum atomic E-state index is 12.8. The van der Waals surface area contributed by atoms with Crippen LogP contribution in [0.2, 0.25) is 0 Å². The summed E-state index contributed by atoms with van der Waals surface area (Å²) in [5.41, 5.74) is 0.150. The molecule has 9 heteroatoms. The van der Waals surface area contributed by atoms with Gasteiger partial charge in [-0.05, 0) is 121 Å². The molecule has 1 aromatic heterocycles. The lowest BCUT2D eigenvalue weighted by Gasteiger charge is -2.64. The van der Waals surface area contributed by atoms with Crippen LogP contribution in [0.25, 0.3) is 0 Å². The molecule has 1 heterocycles. The summed E-state index contributed by atoms with van der Waals surface area (Å²) in [6.07, 6.45) is 7.46. The van der Waals surface area contributed by atoms with E-state index < -0.39 is 16.1 Å². The molecule has 4 aliphatic rings. The van der Waals surface area contributed by atoms with Crippen LogP contribution in [0.5, 0.6) is 0 Å². The average molecular weight is 638 g/mol. The van der Waals surface area contributed by atoms with Gasteiger partial charge in [0.25, 0.3) is 10.0 Å². The molecule has 3 N–H and O–H groups in total. The summed E-state index contributed by atoms with van der Waals surface area (Å²) in [4.78, 5) is 13.4. The molecule has 4 fully saturated rings. The quantitative estimate of drug-likeness (QED) is 0.294. The number of nitrogens with one attached hydrogen (secondary N) is 1. The lowest BCUT2D eigenvalue weighted by atomic mass is 9.41. The van der Waals surface area contributed by atoms with Crippen molar-refractivity contribution in [1.82, 2.24) is 4.72 Å². The van der Waals surface area contributed by atoms with Crippen LogP contribution in [0.4, 0.5) is 4.79 Å². The van der Waals surface area contributed by atoms with Gasteiger partial charge in [0.1, 0.15) is 4.21 Å². The fourth-order valence-corrected chi connectivity index (χ4v) is 12.8. The number of ether oxygens (including phenoxy) is 1. The van der Waals surface area contributed by atoms with E-state index in [9.17, 15) is 23.4 Å². The Kier molecular flexibility index (Phi) is 9.18. The zero-order valence-corrected chi connectivity index (χ0v) is 28.9. The fourth-order valence-electron chi connectivity index (χ4n) is 10.5. The first-order valence-corrected chi connectivity index (χ1v) is 19.0. The van der Waals surface area contributed by atoms with Crippen molar-refractivity contribution in [2.45, 2.75) is 128 Å². The number of carbonyl (C=O) groups excluding carboxylic acids is 1. The Balaban J connectivity index is 1.20. The number of aliphatic hydroxyl groups excluding tert-OH is 2. The highest BCUT2D eigenvalue weighted by molar-refractivity contribution is 7.92. The molecular weight excluding hydrogens is 583 g/mol. The fraction of sp³-hybridized carbons (Fsp3) is 0.853. The van der Waals surface area contributed by atoms with Crippen LogP contribution >= 0.6 is 11.3 Å². The van der Waals surface area contributed by atoms with E-state index in [2.05, 4.69) is 32.4 Å². The highest BCUT2D eigenvalue weighted by Crippen LogP contribution is 2.69. The monoisotopic (exact) mass is 637 g/mol. The van der Waals surface area contributed by atoms with Gasteiger partial charge in [0, 0.05) is 4.88 Å². The first-order valence-electron chi connectivity index (χ1n) is 16.7. The molecule has 0 aliphatic heterocycles. The third-order valence-electron chi connectivity index (χ3n) is 12.8. The molecule has 1 amide bonds. The average Bonchev–Trinajstić information content (AvgIpc) is 3.56. The number of rotatable bonds is 7. The first kappa shape index (κ1) is 33.2. The SMILES string of the molecule is CC[C@@H]1C2C[C@H](O)CC[C@@]2(C)[C@H]2CCC3(C)[C@@H]([C@H](C)CCOC(=O)NS(=O)(=O)c4ccc(C(C)(C)C)s4)CC[C@H]3C2[C@@H]1O. The summed E-state index contributed by atoms with van der Waals surface area (Å²) in [6, 6.07) is 3.33. The summed E-state index contributed by atoms with van der Waals surface area (Å²) in [5.74, 6) is 2.72. The lowest BCUT2D eigenvalue weighted by Crippen LogP contribution is -2.62. The summed E-state index contributed by atoms with van der Waals surface area (Å²) in [6.45, 7) is 15.6. The maximum Gasteiger partial charge on any atom is 0.421 e. The molecule has 0 saturated heterocycles. The minimum absolute atomic E-state index is 0.114. The Hall–Kier alpha value is -1.16. The van der Waals surface area contributed by atoms with Gasteiger partial charge in [-0.25, -0.2) is 17.9 Å². The lowest BCUT2D eigenvalue weighted by molar-refractivity contribution is -0.203. The van der Waals surface area contributed by atoms with Crippen molar-refractivity contribution in [3.8, 4) is 0 Å². The van der Waals surface area contributed by atoms with E-state index in [0.717, 1.165) is 56.2 Å². The molecule has 0 aromatic carbocycles. The smallest absolute Gasteiger partial charge is 0.421 e. The van der Waals surface area contributed by atoms with Gasteiger partial charge in [-0.15, -0.1) is 11.3 Å². The molecule has 4 saturated carbocycles. The van der Waals surface area contributed by atoms with Crippen molar-refractivity contribution >= 4 is 27.5 Å². The Morgan fingerprint density at radius 3 is 2.40 bits per heavy atom. The highest BCUT2D eigenvalue weighted by atomic mass is 32.2. The van der Waals surface area contributed by atoms with Crippen LogP contribution in [0.15, 0.2) is 16.3 Å². The predicted molar refractivity (Wildman–Crippen MR) is 170 cm³/mol. The van der Waals surface area contributed by atoms with E-state index in [1.54, 1.807) is 12.1 Å². The van der Waals surface area contributed by atoms with Crippen molar-refractivity contribution in [3.63, 3.8) is 0 Å². The molecule has 0 bridgehead atoms. The maximum absolute atomic E-state index is 12.8. The van der Waals surface area contributed by atoms with Crippen LogP contribution in [0, 0.1) is 52.3 Å². The number of hydrogen-bond donors (Lipinski definition) is 3. The van der Waals surface area contributed by atoms with Gasteiger partial charge < -0.3 is 14.9 Å². The van der Waals surface area contributed by atoms with Crippen LogP contribution in [-0.4, -0.2) is 43.5 Å². The molecule has 4 aliphatic carbocycles. The Bertz CT molecular complexity index is 1270. The second-order valence-electron chi connectivity index (χ2n) is 16.0. The van der Waals surface area contributed by atoms with E-state index >= 15 is 0 Å². The van der Waals surface area contributed by atoms with E-state index in [1.807, 2.05) is 20.8 Å². The third kappa shape index (κ3) is 5.94. The first-order chi connectivity index (χ1) is 20.0. The Morgan fingerprint density at radius 1 is 1.07 bits per heavy atom. The molecule has 11 atom stereocenters. The zero-order valence-electron chi connectivity index (χ0n) is 27.3. The van der Waals surface area contributed by atoms with E-state index in [4.69, 9.17) is 4.74 Å². The number of hydrogen-bond acceptors (Lipinski definition) is 7. The van der Waals surface area contributed by atoms with Gasteiger partial charge in [-0.3, -0.25) is 0 Å². The van der Waals surface area contributed by atoms with Crippen LogP contribution < -0.4 is 4.72 Å². The number of fused-ring (bicyclic) bond motifs is 5. The van der Waals surface area contributed by atoms with Crippen molar-refractivity contribution in [3.05, 3.63) is 17.0 Å². The highest BCUT2D eigenvalue weighted by Gasteiger charge is 2.64. The summed E-state index contributed by atoms with van der Waals surface area (Å²) < 4.78 is 33.1. The Labute approximate surface area is 263 Å². The predicted octanol–water partition coefficient (Wildman–Crippen LogP) is 7.11. The number of carbonyl (C=O) groups is 1. The largest absolute Gasteiger partial charge is 0.449 e. The van der Waals surface area contributed by atoms with E-state index in [0.29, 0.717) is 41.9 Å². The van der Waals surface area contributed by atoms with Crippen molar-refractivity contribution in [2.75, 3.05) is 6.61 Å². The standard InChI is InChI=1S/C34H55NO6S2/c1-8-22-26-19-21(36)13-16-34(26,7)25-14-17-33(6)23(9-10-24(33)29(25)30(22)37)20(2)15-18-41-31(38)35-43(39,40)28-12-11-27(42-28)32(3,4)5/h11-12,20-26,29-30,36-37H,8-10,13-19H2,1-7H3,(H,35,38)/t20-,21-,22-,23-,24+,25+,26?,29?,30-,33?,34+/m1/s1. The zero-order chi connectivity index (χ0) is 31.5. The van der Waals surface area contributed by atoms with Gasteiger partial charge in [0.2, 0.25) is 0 Å². The second kappa shape index (κ2) is 11.9. The Morgan fingerprint density at radius 2 is 1.74 bits per heavy atom. The van der Waals surface area contributed by atoms with E-state index in [-0.39, 0.29) is 45.2 Å². The normalized spacial score (nSPS) is 40.2. The second-order valence-corrected chi connectivity index (χ2v) is 19.0. The van der Waals surface area contributed by atoms with Crippen molar-refractivity contribution in [1.29, 1.82) is 0 Å².